The van der Waals surface area contributed by atoms with Gasteiger partial charge in [0.2, 0.25) is 10.0 Å². The molecule has 7 nitrogen and oxygen atoms in total. The summed E-state index contributed by atoms with van der Waals surface area (Å²) in [6.45, 7) is 5.45. The summed E-state index contributed by atoms with van der Waals surface area (Å²) >= 11 is 0. The van der Waals surface area contributed by atoms with Gasteiger partial charge < -0.3 is 15.0 Å². The molecule has 0 aromatic heterocycles. The van der Waals surface area contributed by atoms with E-state index >= 15 is 0 Å². The first-order valence-electron chi connectivity index (χ1n) is 9.92. The van der Waals surface area contributed by atoms with Gasteiger partial charge in [0.05, 0.1) is 11.4 Å². The molecule has 0 aliphatic rings. The third-order valence-electron chi connectivity index (χ3n) is 4.79. The lowest BCUT2D eigenvalue weighted by atomic mass is 10.2. The van der Waals surface area contributed by atoms with Crippen LogP contribution in [0, 0.1) is 0 Å². The molecule has 0 heterocycles. The number of sulfonamides is 1. The standard InChI is InChI=1S/C22H32N4O3S.HI/c1-18(2)26(5)30(27,28)21-13-11-19(12-14-21)17-24-22(23-3)25(4)15-16-29-20-9-7-6-8-10-20;/h6-14,18H,15-17H2,1-5H3,(H,23,24);1H. The predicted octanol–water partition coefficient (Wildman–Crippen LogP) is 3.42. The molecule has 0 saturated heterocycles. The number of para-hydroxylation sites is 1. The highest BCUT2D eigenvalue weighted by atomic mass is 127. The second-order valence-electron chi connectivity index (χ2n) is 7.24. The van der Waals surface area contributed by atoms with Crippen LogP contribution in [0.4, 0.5) is 0 Å². The first kappa shape index (κ1) is 27.2. The number of nitrogens with zero attached hydrogens (tertiary/aromatic N) is 3. The van der Waals surface area contributed by atoms with Crippen LogP contribution in [0.5, 0.6) is 5.75 Å². The number of benzene rings is 2. The van der Waals surface area contributed by atoms with Crippen LogP contribution < -0.4 is 10.1 Å². The molecule has 2 rings (SSSR count). The molecule has 0 unspecified atom stereocenters. The van der Waals surface area contributed by atoms with Crippen molar-refractivity contribution in [2.24, 2.45) is 4.99 Å². The Kier molecular flexibility index (Phi) is 11.3. The molecule has 172 valence electrons. The number of halogens is 1. The van der Waals surface area contributed by atoms with E-state index < -0.39 is 10.0 Å². The molecule has 2 aromatic rings. The minimum Gasteiger partial charge on any atom is -0.492 e. The molecule has 2 aromatic carbocycles. The van der Waals surface area contributed by atoms with Gasteiger partial charge in [-0.1, -0.05) is 30.3 Å². The maximum Gasteiger partial charge on any atom is 0.243 e. The lowest BCUT2D eigenvalue weighted by Gasteiger charge is -2.22. The molecule has 0 saturated carbocycles. The number of rotatable bonds is 9. The normalized spacial score (nSPS) is 11.9. The number of hydrogen-bond donors (Lipinski definition) is 1. The van der Waals surface area contributed by atoms with E-state index in [2.05, 4.69) is 10.3 Å². The number of ether oxygens (including phenoxy) is 1. The quantitative estimate of drug-likeness (QED) is 0.289. The molecule has 0 bridgehead atoms. The van der Waals surface area contributed by atoms with Gasteiger partial charge in [0.15, 0.2) is 5.96 Å². The van der Waals surface area contributed by atoms with Crippen molar-refractivity contribution in [2.45, 2.75) is 31.3 Å². The maximum atomic E-state index is 12.6. The molecule has 0 radical (unpaired) electrons. The largest absolute Gasteiger partial charge is 0.492 e. The lowest BCUT2D eigenvalue weighted by molar-refractivity contribution is 0.281. The van der Waals surface area contributed by atoms with Crippen LogP contribution in [-0.2, 0) is 16.6 Å². The van der Waals surface area contributed by atoms with E-state index in [9.17, 15) is 8.42 Å². The smallest absolute Gasteiger partial charge is 0.243 e. The van der Waals surface area contributed by atoms with E-state index in [-0.39, 0.29) is 30.0 Å². The molecule has 0 aliphatic carbocycles. The topological polar surface area (TPSA) is 74.2 Å². The van der Waals surface area contributed by atoms with Gasteiger partial charge in [-0.25, -0.2) is 8.42 Å². The van der Waals surface area contributed by atoms with Crippen LogP contribution in [0.15, 0.2) is 64.5 Å². The number of likely N-dealkylation sites (N-methyl/N-ethyl adjacent to an activating group) is 1. The van der Waals surface area contributed by atoms with Crippen molar-refractivity contribution in [3.05, 3.63) is 60.2 Å². The first-order chi connectivity index (χ1) is 14.3. The van der Waals surface area contributed by atoms with E-state index in [1.807, 2.05) is 68.3 Å². The van der Waals surface area contributed by atoms with E-state index in [0.29, 0.717) is 24.6 Å². The van der Waals surface area contributed by atoms with E-state index in [4.69, 9.17) is 4.74 Å². The van der Waals surface area contributed by atoms with Gasteiger partial charge in [0, 0.05) is 33.7 Å². The Hall–Kier alpha value is -1.85. The molecule has 0 aliphatic heterocycles. The van der Waals surface area contributed by atoms with Crippen molar-refractivity contribution in [3.8, 4) is 5.75 Å². The number of aliphatic imine (C=N–C) groups is 1. The highest BCUT2D eigenvalue weighted by Crippen LogP contribution is 2.17. The lowest BCUT2D eigenvalue weighted by Crippen LogP contribution is -2.40. The average Bonchev–Trinajstić information content (AvgIpc) is 2.74. The van der Waals surface area contributed by atoms with Crippen LogP contribution in [0.1, 0.15) is 19.4 Å². The fraction of sp³-hybridized carbons (Fsp3) is 0.409. The molecule has 0 spiro atoms. The molecule has 0 amide bonds. The van der Waals surface area contributed by atoms with E-state index in [1.54, 1.807) is 26.2 Å². The summed E-state index contributed by atoms with van der Waals surface area (Å²) in [5.41, 5.74) is 0.969. The van der Waals surface area contributed by atoms with Gasteiger partial charge >= 0.3 is 0 Å². The Balaban J connectivity index is 0.00000480. The molecule has 9 heteroatoms. The maximum absolute atomic E-state index is 12.6. The van der Waals surface area contributed by atoms with Crippen molar-refractivity contribution in [3.63, 3.8) is 0 Å². The van der Waals surface area contributed by atoms with Crippen molar-refractivity contribution < 1.29 is 13.2 Å². The summed E-state index contributed by atoms with van der Waals surface area (Å²) in [6.07, 6.45) is 0. The first-order valence-corrected chi connectivity index (χ1v) is 11.4. The summed E-state index contributed by atoms with van der Waals surface area (Å²) in [6, 6.07) is 16.5. The highest BCUT2D eigenvalue weighted by Gasteiger charge is 2.22. The third kappa shape index (κ3) is 7.97. The minimum atomic E-state index is -3.47. The fourth-order valence-corrected chi connectivity index (χ4v) is 4.08. The van der Waals surface area contributed by atoms with Crippen molar-refractivity contribution >= 4 is 40.0 Å². The van der Waals surface area contributed by atoms with Crippen molar-refractivity contribution in [1.82, 2.24) is 14.5 Å². The van der Waals surface area contributed by atoms with Crippen molar-refractivity contribution in [2.75, 3.05) is 34.3 Å². The molecular weight excluding hydrogens is 527 g/mol. The second kappa shape index (κ2) is 12.9. The summed E-state index contributed by atoms with van der Waals surface area (Å²) in [7, 11) is 1.80. The van der Waals surface area contributed by atoms with E-state index in [1.165, 1.54) is 4.31 Å². The van der Waals surface area contributed by atoms with Gasteiger partial charge in [-0.2, -0.15) is 4.31 Å². The van der Waals surface area contributed by atoms with Gasteiger partial charge in [0.25, 0.3) is 0 Å². The Morgan fingerprint density at radius 1 is 1.06 bits per heavy atom. The molecule has 31 heavy (non-hydrogen) atoms. The summed E-state index contributed by atoms with van der Waals surface area (Å²) in [5.74, 6) is 1.58. The van der Waals surface area contributed by atoms with Crippen LogP contribution in [0.25, 0.3) is 0 Å². The summed E-state index contributed by atoms with van der Waals surface area (Å²) in [5, 5.41) is 3.29. The Labute approximate surface area is 203 Å². The zero-order valence-electron chi connectivity index (χ0n) is 18.8. The predicted molar refractivity (Wildman–Crippen MR) is 137 cm³/mol. The molecule has 0 fully saturated rings. The SMILES string of the molecule is CN=C(NCc1ccc(S(=O)(=O)N(C)C(C)C)cc1)N(C)CCOc1ccccc1.I. The Morgan fingerprint density at radius 2 is 1.68 bits per heavy atom. The number of hydrogen-bond acceptors (Lipinski definition) is 4. The van der Waals surface area contributed by atoms with Gasteiger partial charge in [-0.15, -0.1) is 24.0 Å². The third-order valence-corrected chi connectivity index (χ3v) is 6.84. The monoisotopic (exact) mass is 560 g/mol. The second-order valence-corrected chi connectivity index (χ2v) is 9.24. The van der Waals surface area contributed by atoms with Gasteiger partial charge in [-0.05, 0) is 43.7 Å². The zero-order valence-corrected chi connectivity index (χ0v) is 21.9. The van der Waals surface area contributed by atoms with Crippen molar-refractivity contribution in [1.29, 1.82) is 0 Å². The summed E-state index contributed by atoms with van der Waals surface area (Å²) < 4.78 is 32.2. The zero-order chi connectivity index (χ0) is 22.1. The average molecular weight is 561 g/mol. The fourth-order valence-electron chi connectivity index (χ4n) is 2.71. The van der Waals surface area contributed by atoms with Crippen LogP contribution in [0.3, 0.4) is 0 Å². The molecule has 1 N–H and O–H groups in total. The highest BCUT2D eigenvalue weighted by molar-refractivity contribution is 14.0. The Bertz CT molecular complexity index is 920. The summed E-state index contributed by atoms with van der Waals surface area (Å²) in [4.78, 5) is 6.58. The van der Waals surface area contributed by atoms with Crippen LogP contribution in [0.2, 0.25) is 0 Å². The Morgan fingerprint density at radius 3 is 2.23 bits per heavy atom. The van der Waals surface area contributed by atoms with Gasteiger partial charge in [-0.3, -0.25) is 4.99 Å². The van der Waals surface area contributed by atoms with Crippen LogP contribution >= 0.6 is 24.0 Å². The minimum absolute atomic E-state index is 0. The molecule has 0 atom stereocenters. The molecular formula is C22H33IN4O3S. The van der Waals surface area contributed by atoms with Crippen LogP contribution in [-0.4, -0.2) is 63.9 Å². The number of nitrogens with one attached hydrogen (secondary N) is 1. The van der Waals surface area contributed by atoms with E-state index in [0.717, 1.165) is 17.3 Å². The number of guanidine groups is 1. The van der Waals surface area contributed by atoms with Gasteiger partial charge in [0.1, 0.15) is 12.4 Å².